The van der Waals surface area contributed by atoms with Crippen molar-refractivity contribution in [3.8, 4) is 0 Å². The molecule has 0 aliphatic carbocycles. The number of benzene rings is 1. The average molecular weight is 328 g/mol. The van der Waals surface area contributed by atoms with Gasteiger partial charge in [-0.1, -0.05) is 28.8 Å². The normalized spacial score (nSPS) is 21.4. The van der Waals surface area contributed by atoms with Gasteiger partial charge in [0.25, 0.3) is 5.91 Å². The van der Waals surface area contributed by atoms with Gasteiger partial charge < -0.3 is 4.90 Å². The molecule has 1 fully saturated rings. The number of rotatable bonds is 2. The Morgan fingerprint density at radius 2 is 2.09 bits per heavy atom. The SMILES string of the molecule is Cc1nnsc1C(=O)N1CCC(N2CCc3ccccc3C2)C1. The van der Waals surface area contributed by atoms with Gasteiger partial charge in [-0.2, -0.15) is 0 Å². The minimum atomic E-state index is 0.0948. The van der Waals surface area contributed by atoms with E-state index in [1.54, 1.807) is 0 Å². The summed E-state index contributed by atoms with van der Waals surface area (Å²) in [5.41, 5.74) is 3.66. The Kier molecular flexibility index (Phi) is 3.87. The monoisotopic (exact) mass is 328 g/mol. The van der Waals surface area contributed by atoms with Crippen molar-refractivity contribution < 1.29 is 4.79 Å². The van der Waals surface area contributed by atoms with Crippen molar-refractivity contribution in [3.63, 3.8) is 0 Å². The van der Waals surface area contributed by atoms with Crippen LogP contribution in [0.25, 0.3) is 0 Å². The summed E-state index contributed by atoms with van der Waals surface area (Å²) in [4.78, 5) is 17.8. The molecule has 0 spiro atoms. The van der Waals surface area contributed by atoms with Gasteiger partial charge >= 0.3 is 0 Å². The third-order valence-corrected chi connectivity index (χ3v) is 5.79. The van der Waals surface area contributed by atoms with Gasteiger partial charge in [0.05, 0.1) is 5.69 Å². The zero-order chi connectivity index (χ0) is 15.8. The van der Waals surface area contributed by atoms with E-state index >= 15 is 0 Å². The highest BCUT2D eigenvalue weighted by Gasteiger charge is 2.33. The second-order valence-electron chi connectivity index (χ2n) is 6.37. The van der Waals surface area contributed by atoms with Crippen LogP contribution in [0.4, 0.5) is 0 Å². The molecule has 2 aliphatic rings. The number of fused-ring (bicyclic) bond motifs is 1. The molecular weight excluding hydrogens is 308 g/mol. The van der Waals surface area contributed by atoms with Crippen LogP contribution in [0.3, 0.4) is 0 Å². The molecule has 0 saturated carbocycles. The second kappa shape index (κ2) is 6.02. The van der Waals surface area contributed by atoms with Crippen molar-refractivity contribution in [2.24, 2.45) is 0 Å². The Balaban J connectivity index is 1.43. The van der Waals surface area contributed by atoms with E-state index in [1.165, 1.54) is 22.7 Å². The molecule has 5 nitrogen and oxygen atoms in total. The van der Waals surface area contributed by atoms with Gasteiger partial charge in [0, 0.05) is 32.2 Å². The zero-order valence-electron chi connectivity index (χ0n) is 13.2. The first-order valence-corrected chi connectivity index (χ1v) is 8.89. The van der Waals surface area contributed by atoms with Crippen LogP contribution >= 0.6 is 11.5 Å². The van der Waals surface area contributed by atoms with Crippen LogP contribution in [0.2, 0.25) is 0 Å². The lowest BCUT2D eigenvalue weighted by Crippen LogP contribution is -2.41. The first-order chi connectivity index (χ1) is 11.2. The predicted octanol–water partition coefficient (Wildman–Crippen LogP) is 2.12. The van der Waals surface area contributed by atoms with Crippen LogP contribution in [-0.2, 0) is 13.0 Å². The Hall–Kier alpha value is -1.79. The highest BCUT2D eigenvalue weighted by Crippen LogP contribution is 2.25. The minimum absolute atomic E-state index is 0.0948. The Morgan fingerprint density at radius 1 is 1.26 bits per heavy atom. The molecule has 2 aromatic rings. The number of amides is 1. The summed E-state index contributed by atoms with van der Waals surface area (Å²) in [7, 11) is 0. The number of hydrogen-bond acceptors (Lipinski definition) is 5. The number of carbonyl (C=O) groups excluding carboxylic acids is 1. The van der Waals surface area contributed by atoms with Crippen LogP contribution in [0.15, 0.2) is 24.3 Å². The average Bonchev–Trinajstić information content (AvgIpc) is 3.23. The maximum absolute atomic E-state index is 12.6. The molecule has 6 heteroatoms. The number of hydrogen-bond donors (Lipinski definition) is 0. The molecule has 0 bridgehead atoms. The third-order valence-electron chi connectivity index (χ3n) is 4.97. The molecule has 4 rings (SSSR count). The highest BCUT2D eigenvalue weighted by atomic mass is 32.1. The number of likely N-dealkylation sites (tertiary alicyclic amines) is 1. The quantitative estimate of drug-likeness (QED) is 0.847. The summed E-state index contributed by atoms with van der Waals surface area (Å²) < 4.78 is 3.88. The Morgan fingerprint density at radius 3 is 2.87 bits per heavy atom. The lowest BCUT2D eigenvalue weighted by atomic mass is 9.98. The molecule has 1 saturated heterocycles. The van der Waals surface area contributed by atoms with Crippen molar-refractivity contribution >= 4 is 17.4 Å². The van der Waals surface area contributed by atoms with Crippen LogP contribution in [0.1, 0.15) is 32.9 Å². The van der Waals surface area contributed by atoms with Crippen LogP contribution in [0, 0.1) is 6.92 Å². The third kappa shape index (κ3) is 2.77. The topological polar surface area (TPSA) is 49.3 Å². The molecule has 0 radical (unpaired) electrons. The molecule has 1 aromatic carbocycles. The number of carbonyl (C=O) groups is 1. The summed E-state index contributed by atoms with van der Waals surface area (Å²) in [5, 5.41) is 3.95. The van der Waals surface area contributed by atoms with Gasteiger partial charge in [-0.3, -0.25) is 9.69 Å². The van der Waals surface area contributed by atoms with Crippen molar-refractivity contribution in [1.82, 2.24) is 19.4 Å². The molecule has 0 N–H and O–H groups in total. The first-order valence-electron chi connectivity index (χ1n) is 8.11. The van der Waals surface area contributed by atoms with E-state index in [2.05, 4.69) is 38.8 Å². The van der Waals surface area contributed by atoms with Gasteiger partial charge in [-0.05, 0) is 42.4 Å². The Bertz CT molecular complexity index is 729. The lowest BCUT2D eigenvalue weighted by molar-refractivity contribution is 0.0777. The zero-order valence-corrected chi connectivity index (χ0v) is 14.1. The summed E-state index contributed by atoms with van der Waals surface area (Å²) in [6.45, 7) is 5.60. The molecule has 23 heavy (non-hydrogen) atoms. The number of nitrogens with zero attached hydrogens (tertiary/aromatic N) is 4. The van der Waals surface area contributed by atoms with Crippen LogP contribution in [-0.4, -0.2) is 51.0 Å². The van der Waals surface area contributed by atoms with Gasteiger partial charge in [0.1, 0.15) is 4.88 Å². The van der Waals surface area contributed by atoms with Gasteiger partial charge in [-0.15, -0.1) is 5.10 Å². The Labute approximate surface area is 140 Å². The fourth-order valence-electron chi connectivity index (χ4n) is 3.62. The maximum Gasteiger partial charge on any atom is 0.267 e. The standard InChI is InChI=1S/C17H20N4OS/c1-12-16(23-19-18-12)17(22)21-9-7-15(11-21)20-8-6-13-4-2-3-5-14(13)10-20/h2-5,15H,6-11H2,1H3. The molecule has 1 atom stereocenters. The van der Waals surface area contributed by atoms with Gasteiger partial charge in [-0.25, -0.2) is 0 Å². The lowest BCUT2D eigenvalue weighted by Gasteiger charge is -2.33. The van der Waals surface area contributed by atoms with E-state index in [0.717, 1.165) is 44.7 Å². The molecular formula is C17H20N4OS. The summed E-state index contributed by atoms with van der Waals surface area (Å²) in [6.07, 6.45) is 2.16. The number of aryl methyl sites for hydroxylation is 1. The minimum Gasteiger partial charge on any atom is -0.336 e. The van der Waals surface area contributed by atoms with E-state index in [4.69, 9.17) is 0 Å². The van der Waals surface area contributed by atoms with E-state index < -0.39 is 0 Å². The van der Waals surface area contributed by atoms with Crippen molar-refractivity contribution in [2.75, 3.05) is 19.6 Å². The fraction of sp³-hybridized carbons (Fsp3) is 0.471. The van der Waals surface area contributed by atoms with E-state index in [1.807, 2.05) is 11.8 Å². The molecule has 120 valence electrons. The largest absolute Gasteiger partial charge is 0.336 e. The molecule has 1 aromatic heterocycles. The summed E-state index contributed by atoms with van der Waals surface area (Å²) in [5.74, 6) is 0.0948. The van der Waals surface area contributed by atoms with Crippen molar-refractivity contribution in [1.29, 1.82) is 0 Å². The fourth-order valence-corrected chi connectivity index (χ4v) is 4.25. The number of aromatic nitrogens is 2. The highest BCUT2D eigenvalue weighted by molar-refractivity contribution is 7.07. The maximum atomic E-state index is 12.6. The predicted molar refractivity (Wildman–Crippen MR) is 89.5 cm³/mol. The second-order valence-corrected chi connectivity index (χ2v) is 7.12. The molecule has 3 heterocycles. The van der Waals surface area contributed by atoms with Gasteiger partial charge in [0.2, 0.25) is 0 Å². The van der Waals surface area contributed by atoms with E-state index in [-0.39, 0.29) is 5.91 Å². The van der Waals surface area contributed by atoms with E-state index in [9.17, 15) is 4.79 Å². The van der Waals surface area contributed by atoms with Crippen molar-refractivity contribution in [2.45, 2.75) is 32.4 Å². The summed E-state index contributed by atoms with van der Waals surface area (Å²) >= 11 is 1.21. The summed E-state index contributed by atoms with van der Waals surface area (Å²) in [6, 6.07) is 9.17. The smallest absolute Gasteiger partial charge is 0.267 e. The molecule has 1 amide bonds. The van der Waals surface area contributed by atoms with Crippen LogP contribution < -0.4 is 0 Å². The van der Waals surface area contributed by atoms with Crippen molar-refractivity contribution in [3.05, 3.63) is 46.0 Å². The molecule has 2 aliphatic heterocycles. The molecule has 1 unspecified atom stereocenters. The van der Waals surface area contributed by atoms with Crippen LogP contribution in [0.5, 0.6) is 0 Å². The van der Waals surface area contributed by atoms with E-state index in [0.29, 0.717) is 10.9 Å². The first kappa shape index (κ1) is 14.8. The van der Waals surface area contributed by atoms with Gasteiger partial charge in [0.15, 0.2) is 0 Å².